The molecule has 1 aromatic heterocycles. The van der Waals surface area contributed by atoms with Gasteiger partial charge in [-0.1, -0.05) is 24.3 Å². The molecule has 0 aliphatic carbocycles. The third-order valence-corrected chi connectivity index (χ3v) is 2.77. The molecular weight excluding hydrogens is 244 g/mol. The number of pyridine rings is 1. The van der Waals surface area contributed by atoms with E-state index in [4.69, 9.17) is 10.6 Å². The summed E-state index contributed by atoms with van der Waals surface area (Å²) < 4.78 is 4.90. The molecule has 1 amide bonds. The van der Waals surface area contributed by atoms with E-state index in [0.29, 0.717) is 24.5 Å². The van der Waals surface area contributed by atoms with E-state index in [2.05, 4.69) is 15.7 Å². The zero-order chi connectivity index (χ0) is 13.7. The Morgan fingerprint density at radius 2 is 2.11 bits per heavy atom. The van der Waals surface area contributed by atoms with Crippen LogP contribution in [0.15, 0.2) is 30.5 Å². The van der Waals surface area contributed by atoms with Crippen molar-refractivity contribution in [3.63, 3.8) is 0 Å². The van der Waals surface area contributed by atoms with E-state index < -0.39 is 0 Å². The van der Waals surface area contributed by atoms with E-state index in [-0.39, 0.29) is 5.91 Å². The number of amides is 1. The first-order chi connectivity index (χ1) is 9.27. The summed E-state index contributed by atoms with van der Waals surface area (Å²) in [5.74, 6) is 5.78. The van der Waals surface area contributed by atoms with E-state index >= 15 is 0 Å². The van der Waals surface area contributed by atoms with Gasteiger partial charge in [0, 0.05) is 25.2 Å². The average Bonchev–Trinajstić information content (AvgIpc) is 2.46. The number of nitrogens with one attached hydrogen (secondary N) is 2. The maximum Gasteiger partial charge on any atom is 0.253 e. The summed E-state index contributed by atoms with van der Waals surface area (Å²) in [6.45, 7) is 0.931. The van der Waals surface area contributed by atoms with Crippen LogP contribution in [-0.4, -0.2) is 31.2 Å². The minimum Gasteiger partial charge on any atom is -0.383 e. The van der Waals surface area contributed by atoms with Crippen molar-refractivity contribution in [1.29, 1.82) is 0 Å². The van der Waals surface area contributed by atoms with Crippen LogP contribution in [0.1, 0.15) is 10.4 Å². The Kier molecular flexibility index (Phi) is 4.27. The third-order valence-electron chi connectivity index (χ3n) is 2.77. The summed E-state index contributed by atoms with van der Waals surface area (Å²) in [5.41, 5.74) is 3.04. The van der Waals surface area contributed by atoms with Gasteiger partial charge < -0.3 is 15.5 Å². The van der Waals surface area contributed by atoms with Gasteiger partial charge in [-0.05, 0) is 5.39 Å². The lowest BCUT2D eigenvalue weighted by atomic mass is 10.1. The molecule has 0 bridgehead atoms. The second-order valence-corrected chi connectivity index (χ2v) is 3.96. The number of nitrogens with zero attached hydrogens (tertiary/aromatic N) is 1. The minimum atomic E-state index is -0.177. The lowest BCUT2D eigenvalue weighted by molar-refractivity contribution is 0.0938. The third kappa shape index (κ3) is 2.81. The highest BCUT2D eigenvalue weighted by atomic mass is 16.5. The number of benzene rings is 1. The molecule has 0 radical (unpaired) electrons. The Morgan fingerprint density at radius 3 is 2.79 bits per heavy atom. The van der Waals surface area contributed by atoms with Crippen LogP contribution in [0.25, 0.3) is 10.8 Å². The average molecular weight is 260 g/mol. The van der Waals surface area contributed by atoms with Crippen LogP contribution in [-0.2, 0) is 4.74 Å². The molecule has 19 heavy (non-hydrogen) atoms. The number of rotatable bonds is 5. The summed E-state index contributed by atoms with van der Waals surface area (Å²) in [4.78, 5) is 16.2. The number of aromatic nitrogens is 1. The lowest BCUT2D eigenvalue weighted by Gasteiger charge is -2.10. The highest BCUT2D eigenvalue weighted by Crippen LogP contribution is 2.23. The Hall–Kier alpha value is -2.18. The quantitative estimate of drug-likeness (QED) is 0.422. The number of fused-ring (bicyclic) bond motifs is 1. The highest BCUT2D eigenvalue weighted by molar-refractivity contribution is 6.09. The smallest absolute Gasteiger partial charge is 0.253 e. The van der Waals surface area contributed by atoms with Crippen molar-refractivity contribution < 1.29 is 9.53 Å². The molecule has 0 atom stereocenters. The van der Waals surface area contributed by atoms with Crippen molar-refractivity contribution in [2.24, 2.45) is 5.84 Å². The molecule has 4 N–H and O–H groups in total. The first-order valence-corrected chi connectivity index (χ1v) is 5.89. The minimum absolute atomic E-state index is 0.177. The molecule has 6 nitrogen and oxygen atoms in total. The molecule has 0 saturated heterocycles. The van der Waals surface area contributed by atoms with Crippen LogP contribution in [0.4, 0.5) is 5.82 Å². The maximum atomic E-state index is 12.1. The van der Waals surface area contributed by atoms with E-state index in [1.165, 1.54) is 6.20 Å². The first kappa shape index (κ1) is 13.3. The second-order valence-electron chi connectivity index (χ2n) is 3.96. The molecule has 1 heterocycles. The molecule has 0 fully saturated rings. The van der Waals surface area contributed by atoms with Gasteiger partial charge in [-0.2, -0.15) is 0 Å². The second kappa shape index (κ2) is 6.12. The zero-order valence-corrected chi connectivity index (χ0v) is 10.6. The standard InChI is InChI=1S/C13H16N4O2/c1-19-7-6-15-13(18)11-8-16-12(17-14)10-5-3-2-4-9(10)11/h2-5,8H,6-7,14H2,1H3,(H,15,18)(H,16,17). The van der Waals surface area contributed by atoms with Crippen LogP contribution in [0, 0.1) is 0 Å². The van der Waals surface area contributed by atoms with Gasteiger partial charge in [-0.25, -0.2) is 10.8 Å². The molecule has 1 aromatic carbocycles. The molecule has 0 aliphatic rings. The van der Waals surface area contributed by atoms with Crippen LogP contribution in [0.5, 0.6) is 0 Å². The summed E-state index contributed by atoms with van der Waals surface area (Å²) >= 11 is 0. The Labute approximate surface area is 110 Å². The van der Waals surface area contributed by atoms with Crippen LogP contribution >= 0.6 is 0 Å². The fourth-order valence-corrected chi connectivity index (χ4v) is 1.85. The molecule has 2 aromatic rings. The van der Waals surface area contributed by atoms with Crippen LogP contribution < -0.4 is 16.6 Å². The molecular formula is C13H16N4O2. The summed E-state index contributed by atoms with van der Waals surface area (Å²) in [5, 5.41) is 4.39. The van der Waals surface area contributed by atoms with Gasteiger partial charge in [-0.15, -0.1) is 0 Å². The van der Waals surface area contributed by atoms with Crippen molar-refractivity contribution in [3.8, 4) is 0 Å². The summed E-state index contributed by atoms with van der Waals surface area (Å²) in [6, 6.07) is 7.47. The number of nitrogens with two attached hydrogens (primary N) is 1. The topological polar surface area (TPSA) is 89.3 Å². The van der Waals surface area contributed by atoms with Crippen molar-refractivity contribution in [2.45, 2.75) is 0 Å². The molecule has 6 heteroatoms. The monoisotopic (exact) mass is 260 g/mol. The van der Waals surface area contributed by atoms with Gasteiger partial charge in [0.05, 0.1) is 12.2 Å². The Morgan fingerprint density at radius 1 is 1.37 bits per heavy atom. The molecule has 0 spiro atoms. The van der Waals surface area contributed by atoms with Gasteiger partial charge in [0.15, 0.2) is 0 Å². The van der Waals surface area contributed by atoms with Crippen LogP contribution in [0.3, 0.4) is 0 Å². The molecule has 0 saturated carbocycles. The van der Waals surface area contributed by atoms with Gasteiger partial charge in [0.25, 0.3) is 5.91 Å². The SMILES string of the molecule is COCCNC(=O)c1cnc(NN)c2ccccc12. The zero-order valence-electron chi connectivity index (χ0n) is 10.6. The summed E-state index contributed by atoms with van der Waals surface area (Å²) in [6.07, 6.45) is 1.51. The normalized spacial score (nSPS) is 10.4. The predicted molar refractivity (Wildman–Crippen MR) is 73.8 cm³/mol. The number of methoxy groups -OCH3 is 1. The fraction of sp³-hybridized carbons (Fsp3) is 0.231. The fourth-order valence-electron chi connectivity index (χ4n) is 1.85. The molecule has 0 aliphatic heterocycles. The van der Waals surface area contributed by atoms with Gasteiger partial charge in [0.2, 0.25) is 0 Å². The van der Waals surface area contributed by atoms with Crippen molar-refractivity contribution >= 4 is 22.5 Å². The number of hydrogen-bond acceptors (Lipinski definition) is 5. The number of hydrazine groups is 1. The van der Waals surface area contributed by atoms with E-state index in [1.54, 1.807) is 7.11 Å². The Balaban J connectivity index is 2.36. The number of carbonyl (C=O) groups excluding carboxylic acids is 1. The highest BCUT2D eigenvalue weighted by Gasteiger charge is 2.12. The largest absolute Gasteiger partial charge is 0.383 e. The maximum absolute atomic E-state index is 12.1. The number of hydrogen-bond donors (Lipinski definition) is 3. The number of nitrogen functional groups attached to an aromatic ring is 1. The molecule has 100 valence electrons. The number of anilines is 1. The first-order valence-electron chi connectivity index (χ1n) is 5.89. The lowest BCUT2D eigenvalue weighted by Crippen LogP contribution is -2.27. The van der Waals surface area contributed by atoms with Crippen molar-refractivity contribution in [2.75, 3.05) is 25.7 Å². The number of carbonyl (C=O) groups is 1. The van der Waals surface area contributed by atoms with E-state index in [0.717, 1.165) is 10.8 Å². The predicted octanol–water partition coefficient (Wildman–Crippen LogP) is 0.897. The van der Waals surface area contributed by atoms with Gasteiger partial charge >= 0.3 is 0 Å². The van der Waals surface area contributed by atoms with Gasteiger partial charge in [0.1, 0.15) is 5.82 Å². The summed E-state index contributed by atoms with van der Waals surface area (Å²) in [7, 11) is 1.59. The Bertz CT molecular complexity index is 586. The molecule has 0 unspecified atom stereocenters. The van der Waals surface area contributed by atoms with Crippen molar-refractivity contribution in [1.82, 2.24) is 10.3 Å². The van der Waals surface area contributed by atoms with E-state index in [9.17, 15) is 4.79 Å². The number of ether oxygens (including phenoxy) is 1. The van der Waals surface area contributed by atoms with E-state index in [1.807, 2.05) is 24.3 Å². The molecule has 2 rings (SSSR count). The van der Waals surface area contributed by atoms with Crippen LogP contribution in [0.2, 0.25) is 0 Å². The van der Waals surface area contributed by atoms with Crippen molar-refractivity contribution in [3.05, 3.63) is 36.0 Å². The van der Waals surface area contributed by atoms with Gasteiger partial charge in [-0.3, -0.25) is 4.79 Å².